The zero-order valence-corrected chi connectivity index (χ0v) is 31.8. The number of benzene rings is 4. The number of hydrogen-bond donors (Lipinski definition) is 3. The summed E-state index contributed by atoms with van der Waals surface area (Å²) in [6.45, 7) is 10.4. The van der Waals surface area contributed by atoms with Gasteiger partial charge in [-0.25, -0.2) is 0 Å². The molecule has 0 saturated heterocycles. The Morgan fingerprint density at radius 3 is 1.40 bits per heavy atom. The molecule has 5 aliphatic carbocycles. The maximum atomic E-state index is 10.5. The summed E-state index contributed by atoms with van der Waals surface area (Å²) < 4.78 is 0. The van der Waals surface area contributed by atoms with Gasteiger partial charge < -0.3 is 15.3 Å². The van der Waals surface area contributed by atoms with Gasteiger partial charge in [0.05, 0.1) is 0 Å². The van der Waals surface area contributed by atoms with Gasteiger partial charge >= 0.3 is 0 Å². The first-order chi connectivity index (χ1) is 25.5. The molecular weight excluding hydrogens is 649 g/mol. The summed E-state index contributed by atoms with van der Waals surface area (Å²) in [4.78, 5) is 0. The van der Waals surface area contributed by atoms with E-state index >= 15 is 0 Å². The van der Waals surface area contributed by atoms with Crippen LogP contribution in [0, 0.1) is 62.2 Å². The Morgan fingerprint density at radius 1 is 0.547 bits per heavy atom. The standard InChI is InChI=1S/C50H52O3/c1-29-6-12-38(13-7-30(29)2)49(39-14-17-46(51)31(3)20-39)27-36-23-42(49)25-44(36)34-8-10-35(11-9-34)45-26-43-24-37(45)28-50(43,40-15-18-47(52)32(4)21-40)41-16-19-48(53)33(5)22-41/h6,8-12,14-22,30,36-37,42-45,51-53H,23-28H2,1-5H3. The van der Waals surface area contributed by atoms with Crippen LogP contribution in [0.1, 0.15) is 109 Å². The molecule has 270 valence electrons. The molecule has 4 fully saturated rings. The normalized spacial score (nSPS) is 30.8. The highest BCUT2D eigenvalue weighted by molar-refractivity contribution is 5.55. The summed E-state index contributed by atoms with van der Waals surface area (Å²) in [5.74, 6) is 11.8. The van der Waals surface area contributed by atoms with Crippen molar-refractivity contribution in [2.45, 2.75) is 95.8 Å². The van der Waals surface area contributed by atoms with E-state index in [-0.39, 0.29) is 16.7 Å². The Hall–Kier alpha value is -4.68. The molecule has 8 atom stereocenters. The van der Waals surface area contributed by atoms with Crippen molar-refractivity contribution in [1.82, 2.24) is 0 Å². The summed E-state index contributed by atoms with van der Waals surface area (Å²) in [5, 5.41) is 31.3. The highest BCUT2D eigenvalue weighted by atomic mass is 16.3. The number of hydrogen-bond acceptors (Lipinski definition) is 3. The minimum absolute atomic E-state index is 0.116. The topological polar surface area (TPSA) is 60.7 Å². The Morgan fingerprint density at radius 2 is 0.981 bits per heavy atom. The Labute approximate surface area is 315 Å². The fourth-order valence-corrected chi connectivity index (χ4v) is 11.9. The third-order valence-corrected chi connectivity index (χ3v) is 15.0. The molecule has 0 radical (unpaired) electrons. The van der Waals surface area contributed by atoms with Crippen LogP contribution in [0.3, 0.4) is 0 Å². The molecule has 0 heterocycles. The Kier molecular flexibility index (Phi) is 8.01. The number of allylic oxidation sites excluding steroid dienone is 4. The predicted octanol–water partition coefficient (Wildman–Crippen LogP) is 11.2. The van der Waals surface area contributed by atoms with Crippen molar-refractivity contribution in [1.29, 1.82) is 0 Å². The number of fused-ring (bicyclic) bond motifs is 4. The minimum Gasteiger partial charge on any atom is -0.508 e. The number of aryl methyl sites for hydroxylation is 3. The molecule has 4 aromatic carbocycles. The van der Waals surface area contributed by atoms with Crippen LogP contribution in [-0.2, 0) is 10.8 Å². The maximum absolute atomic E-state index is 10.5. The molecule has 3 heteroatoms. The average Bonchev–Trinajstić information content (AvgIpc) is 3.93. The summed E-state index contributed by atoms with van der Waals surface area (Å²) in [6.07, 6.45) is 11.5. The van der Waals surface area contributed by atoms with E-state index in [1.807, 2.05) is 39.0 Å². The van der Waals surface area contributed by atoms with Crippen LogP contribution in [0.5, 0.6) is 17.2 Å². The summed E-state index contributed by atoms with van der Waals surface area (Å²) in [6, 6.07) is 28.5. The molecule has 0 aliphatic heterocycles. The molecule has 53 heavy (non-hydrogen) atoms. The van der Waals surface area contributed by atoms with Crippen molar-refractivity contribution in [2.75, 3.05) is 0 Å². The van der Waals surface area contributed by atoms with Gasteiger partial charge in [-0.1, -0.05) is 84.2 Å². The highest BCUT2D eigenvalue weighted by Crippen LogP contribution is 2.66. The number of phenols is 3. The molecule has 0 spiro atoms. The maximum Gasteiger partial charge on any atom is 0.118 e. The van der Waals surface area contributed by atoms with E-state index in [1.54, 1.807) is 0 Å². The van der Waals surface area contributed by atoms with E-state index in [1.165, 1.54) is 51.8 Å². The van der Waals surface area contributed by atoms with Gasteiger partial charge in [0.2, 0.25) is 0 Å². The summed E-state index contributed by atoms with van der Waals surface area (Å²) in [5.41, 5.74) is 12.0. The third kappa shape index (κ3) is 5.23. The molecule has 0 aromatic heterocycles. The van der Waals surface area contributed by atoms with E-state index in [9.17, 15) is 15.3 Å². The van der Waals surface area contributed by atoms with Crippen molar-refractivity contribution in [3.63, 3.8) is 0 Å². The van der Waals surface area contributed by atoms with Gasteiger partial charge in [-0.05, 0) is 177 Å². The first-order valence-corrected chi connectivity index (χ1v) is 19.9. The van der Waals surface area contributed by atoms with Crippen molar-refractivity contribution in [2.24, 2.45) is 29.6 Å². The fourth-order valence-electron chi connectivity index (χ4n) is 11.9. The van der Waals surface area contributed by atoms with E-state index in [0.717, 1.165) is 42.4 Å². The first-order valence-electron chi connectivity index (χ1n) is 19.9. The molecule has 0 amide bonds. The number of phenolic OH excluding ortho intramolecular Hbond substituents is 3. The third-order valence-electron chi connectivity index (χ3n) is 15.0. The summed E-state index contributed by atoms with van der Waals surface area (Å²) >= 11 is 0. The highest BCUT2D eigenvalue weighted by Gasteiger charge is 2.58. The second-order valence-electron chi connectivity index (χ2n) is 17.6. The molecule has 4 saturated carbocycles. The van der Waals surface area contributed by atoms with Crippen LogP contribution in [0.2, 0.25) is 0 Å². The lowest BCUT2D eigenvalue weighted by Gasteiger charge is -2.42. The number of rotatable bonds is 6. The van der Waals surface area contributed by atoms with Crippen LogP contribution >= 0.6 is 0 Å². The first kappa shape index (κ1) is 34.1. The van der Waals surface area contributed by atoms with E-state index < -0.39 is 0 Å². The average molecular weight is 701 g/mol. The van der Waals surface area contributed by atoms with E-state index in [0.29, 0.717) is 52.8 Å². The van der Waals surface area contributed by atoms with Gasteiger partial charge in [-0.3, -0.25) is 0 Å². The molecular formula is C50H52O3. The summed E-state index contributed by atoms with van der Waals surface area (Å²) in [7, 11) is 0. The molecule has 9 rings (SSSR count). The molecule has 4 bridgehead atoms. The van der Waals surface area contributed by atoms with E-state index in [2.05, 4.69) is 98.5 Å². The lowest BCUT2D eigenvalue weighted by molar-refractivity contribution is 0.291. The van der Waals surface area contributed by atoms with Gasteiger partial charge in [0.1, 0.15) is 17.2 Å². The SMILES string of the molecule is CC1=CC=C(C2(c3ccc(O)c(C)c3)CC3CC2CC3c2ccc(C3CC4CC3CC4(c3ccc(O)c(C)c3)c3ccc(O)c(C)c3)cc2)C#CC1C. The molecule has 8 unspecified atom stereocenters. The van der Waals surface area contributed by atoms with Crippen molar-refractivity contribution in [3.8, 4) is 29.1 Å². The van der Waals surface area contributed by atoms with Crippen molar-refractivity contribution >= 4 is 0 Å². The minimum atomic E-state index is -0.118. The monoisotopic (exact) mass is 700 g/mol. The number of aromatic hydroxyl groups is 3. The van der Waals surface area contributed by atoms with Crippen molar-refractivity contribution in [3.05, 3.63) is 147 Å². The van der Waals surface area contributed by atoms with Gasteiger partial charge in [0.15, 0.2) is 0 Å². The van der Waals surface area contributed by atoms with Crippen LogP contribution in [0.4, 0.5) is 0 Å². The molecule has 3 N–H and O–H groups in total. The van der Waals surface area contributed by atoms with E-state index in [4.69, 9.17) is 0 Å². The van der Waals surface area contributed by atoms with Crippen molar-refractivity contribution < 1.29 is 15.3 Å². The van der Waals surface area contributed by atoms with Crippen LogP contribution < -0.4 is 0 Å². The quantitative estimate of drug-likeness (QED) is 0.176. The largest absolute Gasteiger partial charge is 0.508 e. The van der Waals surface area contributed by atoms with Gasteiger partial charge in [0.25, 0.3) is 0 Å². The zero-order chi connectivity index (χ0) is 36.8. The van der Waals surface area contributed by atoms with Gasteiger partial charge in [0, 0.05) is 22.3 Å². The fraction of sp³-hybridized carbons (Fsp3) is 0.400. The van der Waals surface area contributed by atoms with Gasteiger partial charge in [-0.2, -0.15) is 0 Å². The van der Waals surface area contributed by atoms with Crippen LogP contribution in [-0.4, -0.2) is 15.3 Å². The molecule has 5 aliphatic rings. The predicted molar refractivity (Wildman–Crippen MR) is 213 cm³/mol. The second kappa shape index (κ2) is 12.4. The van der Waals surface area contributed by atoms with Gasteiger partial charge in [-0.15, -0.1) is 0 Å². The lowest BCUT2D eigenvalue weighted by atomic mass is 9.61. The second-order valence-corrected chi connectivity index (χ2v) is 17.6. The Balaban J connectivity index is 0.979. The molecule has 3 nitrogen and oxygen atoms in total. The molecule has 4 aromatic rings. The van der Waals surface area contributed by atoms with Crippen LogP contribution in [0.25, 0.3) is 0 Å². The van der Waals surface area contributed by atoms with Crippen LogP contribution in [0.15, 0.2) is 102 Å². The Bertz CT molecular complexity index is 2190. The smallest absolute Gasteiger partial charge is 0.118 e. The lowest BCUT2D eigenvalue weighted by Crippen LogP contribution is -2.36. The zero-order valence-electron chi connectivity index (χ0n) is 31.8.